The zero-order valence-electron chi connectivity index (χ0n) is 10.5. The molecule has 0 radical (unpaired) electrons. The Morgan fingerprint density at radius 2 is 1.85 bits per heavy atom. The molecule has 0 aliphatic heterocycles. The molecule has 2 aromatic rings. The highest BCUT2D eigenvalue weighted by Gasteiger charge is 2.35. The highest BCUT2D eigenvalue weighted by Crippen LogP contribution is 2.30. The van der Waals surface area contributed by atoms with Crippen LogP contribution in [-0.2, 0) is 6.18 Å². The zero-order chi connectivity index (χ0) is 14.8. The molecule has 0 fully saturated rings. The molecular formula is C13H11F4N3. The van der Waals surface area contributed by atoms with E-state index in [1.807, 2.05) is 0 Å². The van der Waals surface area contributed by atoms with Crippen LogP contribution in [0.2, 0.25) is 0 Å². The Balaban J connectivity index is 2.58. The molecule has 0 amide bonds. The van der Waals surface area contributed by atoms with Crippen molar-refractivity contribution in [1.82, 2.24) is 9.97 Å². The van der Waals surface area contributed by atoms with Crippen LogP contribution >= 0.6 is 0 Å². The Bertz CT molecular complexity index is 611. The summed E-state index contributed by atoms with van der Waals surface area (Å²) in [6.45, 7) is 2.11. The first-order valence-corrected chi connectivity index (χ1v) is 5.87. The highest BCUT2D eigenvalue weighted by molar-refractivity contribution is 5.63. The zero-order valence-corrected chi connectivity index (χ0v) is 10.5. The summed E-state index contributed by atoms with van der Waals surface area (Å²) < 4.78 is 51.9. The van der Waals surface area contributed by atoms with Crippen LogP contribution in [-0.4, -0.2) is 16.5 Å². The molecule has 0 atom stereocenters. The second kappa shape index (κ2) is 5.44. The van der Waals surface area contributed by atoms with Gasteiger partial charge in [0.15, 0.2) is 0 Å². The molecule has 1 aromatic carbocycles. The molecule has 0 saturated carbocycles. The van der Waals surface area contributed by atoms with Gasteiger partial charge in [-0.1, -0.05) is 12.1 Å². The van der Waals surface area contributed by atoms with Crippen LogP contribution in [0.5, 0.6) is 0 Å². The monoisotopic (exact) mass is 285 g/mol. The van der Waals surface area contributed by atoms with Crippen molar-refractivity contribution in [3.8, 4) is 11.3 Å². The number of anilines is 1. The second-order valence-electron chi connectivity index (χ2n) is 3.97. The largest absolute Gasteiger partial charge is 0.451 e. The van der Waals surface area contributed by atoms with Crippen LogP contribution in [0.3, 0.4) is 0 Å². The Hall–Kier alpha value is -2.18. The average Bonchev–Trinajstić information content (AvgIpc) is 2.38. The Labute approximate surface area is 112 Å². The Morgan fingerprint density at radius 3 is 2.45 bits per heavy atom. The smallest absolute Gasteiger partial charge is 0.370 e. The van der Waals surface area contributed by atoms with Crippen LogP contribution in [0.4, 0.5) is 23.4 Å². The van der Waals surface area contributed by atoms with E-state index >= 15 is 0 Å². The molecule has 0 aliphatic rings. The molecule has 1 aromatic heterocycles. The van der Waals surface area contributed by atoms with Gasteiger partial charge in [0.1, 0.15) is 11.6 Å². The number of halogens is 4. The summed E-state index contributed by atoms with van der Waals surface area (Å²) in [5, 5.41) is 2.68. The summed E-state index contributed by atoms with van der Waals surface area (Å²) in [5.74, 6) is -1.93. The van der Waals surface area contributed by atoms with E-state index in [2.05, 4.69) is 15.3 Å². The fourth-order valence-electron chi connectivity index (χ4n) is 1.65. The van der Waals surface area contributed by atoms with E-state index in [9.17, 15) is 17.6 Å². The molecule has 3 nitrogen and oxygen atoms in total. The summed E-state index contributed by atoms with van der Waals surface area (Å²) in [7, 11) is 0. The molecular weight excluding hydrogens is 274 g/mol. The van der Waals surface area contributed by atoms with E-state index in [1.54, 1.807) is 6.92 Å². The van der Waals surface area contributed by atoms with Crippen molar-refractivity contribution in [2.75, 3.05) is 11.9 Å². The molecule has 0 aliphatic carbocycles. The van der Waals surface area contributed by atoms with Gasteiger partial charge in [0.2, 0.25) is 5.82 Å². The summed E-state index contributed by atoms with van der Waals surface area (Å²) in [4.78, 5) is 6.78. The molecule has 106 valence electrons. The van der Waals surface area contributed by atoms with Gasteiger partial charge in [-0.05, 0) is 19.1 Å². The number of benzene rings is 1. The lowest BCUT2D eigenvalue weighted by atomic mass is 10.1. The predicted octanol–water partition coefficient (Wildman–Crippen LogP) is 3.73. The van der Waals surface area contributed by atoms with Gasteiger partial charge < -0.3 is 5.32 Å². The average molecular weight is 285 g/mol. The van der Waals surface area contributed by atoms with Gasteiger partial charge >= 0.3 is 6.18 Å². The summed E-state index contributed by atoms with van der Waals surface area (Å²) in [6.07, 6.45) is -4.69. The third-order valence-electron chi connectivity index (χ3n) is 2.49. The van der Waals surface area contributed by atoms with Crippen LogP contribution in [0.15, 0.2) is 30.3 Å². The van der Waals surface area contributed by atoms with Crippen LogP contribution in [0.1, 0.15) is 12.7 Å². The normalized spacial score (nSPS) is 11.4. The van der Waals surface area contributed by atoms with E-state index in [0.29, 0.717) is 6.54 Å². The van der Waals surface area contributed by atoms with Crippen molar-refractivity contribution < 1.29 is 17.6 Å². The molecule has 0 unspecified atom stereocenters. The first kappa shape index (κ1) is 14.2. The minimum absolute atomic E-state index is 0.000414. The van der Waals surface area contributed by atoms with Crippen molar-refractivity contribution in [3.05, 3.63) is 42.0 Å². The maximum Gasteiger partial charge on any atom is 0.451 e. The van der Waals surface area contributed by atoms with Gasteiger partial charge in [0.05, 0.1) is 5.69 Å². The first-order valence-electron chi connectivity index (χ1n) is 5.87. The lowest BCUT2D eigenvalue weighted by molar-refractivity contribution is -0.144. The first-order chi connectivity index (χ1) is 9.41. The Kier molecular flexibility index (Phi) is 3.87. The minimum Gasteiger partial charge on any atom is -0.370 e. The molecule has 1 N–H and O–H groups in total. The number of alkyl halides is 3. The standard InChI is InChI=1S/C13H11F4N3/c1-2-18-11-7-10(8-5-3-4-6-9(8)14)19-12(20-11)13(15,16)17/h3-7H,2H2,1H3,(H,18,19,20). The number of hydrogen-bond acceptors (Lipinski definition) is 3. The third kappa shape index (κ3) is 3.04. The van der Waals surface area contributed by atoms with E-state index in [0.717, 1.165) is 6.07 Å². The maximum absolute atomic E-state index is 13.7. The second-order valence-corrected chi connectivity index (χ2v) is 3.97. The topological polar surface area (TPSA) is 37.8 Å². The third-order valence-corrected chi connectivity index (χ3v) is 2.49. The lowest BCUT2D eigenvalue weighted by Gasteiger charge is -2.11. The van der Waals surface area contributed by atoms with E-state index in [4.69, 9.17) is 0 Å². The number of rotatable bonds is 3. The molecule has 7 heteroatoms. The molecule has 0 spiro atoms. The fraction of sp³-hybridized carbons (Fsp3) is 0.231. The summed E-state index contributed by atoms with van der Waals surface area (Å²) in [6, 6.07) is 6.80. The minimum atomic E-state index is -4.69. The number of hydrogen-bond donors (Lipinski definition) is 1. The molecule has 0 bridgehead atoms. The van der Waals surface area contributed by atoms with Crippen molar-refractivity contribution in [1.29, 1.82) is 0 Å². The van der Waals surface area contributed by atoms with Crippen molar-refractivity contribution in [2.45, 2.75) is 13.1 Å². The molecule has 0 saturated heterocycles. The van der Waals surface area contributed by atoms with Gasteiger partial charge in [-0.2, -0.15) is 13.2 Å². The van der Waals surface area contributed by atoms with Gasteiger partial charge in [-0.3, -0.25) is 0 Å². The van der Waals surface area contributed by atoms with E-state index < -0.39 is 17.8 Å². The van der Waals surface area contributed by atoms with Gasteiger partial charge in [0, 0.05) is 18.2 Å². The number of nitrogens with zero attached hydrogens (tertiary/aromatic N) is 2. The molecule has 20 heavy (non-hydrogen) atoms. The van der Waals surface area contributed by atoms with Gasteiger partial charge in [-0.25, -0.2) is 14.4 Å². The number of nitrogens with one attached hydrogen (secondary N) is 1. The van der Waals surface area contributed by atoms with Crippen LogP contribution in [0, 0.1) is 5.82 Å². The Morgan fingerprint density at radius 1 is 1.15 bits per heavy atom. The van der Waals surface area contributed by atoms with E-state index in [-0.39, 0.29) is 17.1 Å². The SMILES string of the molecule is CCNc1cc(-c2ccccc2F)nc(C(F)(F)F)n1. The highest BCUT2D eigenvalue weighted by atomic mass is 19.4. The van der Waals surface area contributed by atoms with Crippen molar-refractivity contribution in [2.24, 2.45) is 0 Å². The van der Waals surface area contributed by atoms with Crippen LogP contribution in [0.25, 0.3) is 11.3 Å². The van der Waals surface area contributed by atoms with E-state index in [1.165, 1.54) is 24.3 Å². The van der Waals surface area contributed by atoms with Gasteiger partial charge in [0.25, 0.3) is 0 Å². The lowest BCUT2D eigenvalue weighted by Crippen LogP contribution is -2.14. The number of aromatic nitrogens is 2. The summed E-state index contributed by atoms with van der Waals surface area (Å²) in [5.41, 5.74) is -0.110. The van der Waals surface area contributed by atoms with Crippen LogP contribution < -0.4 is 5.32 Å². The molecule has 1 heterocycles. The summed E-state index contributed by atoms with van der Waals surface area (Å²) >= 11 is 0. The molecule has 2 rings (SSSR count). The van der Waals surface area contributed by atoms with Crippen molar-refractivity contribution >= 4 is 5.82 Å². The van der Waals surface area contributed by atoms with Crippen molar-refractivity contribution in [3.63, 3.8) is 0 Å². The fourth-order valence-corrected chi connectivity index (χ4v) is 1.65. The van der Waals surface area contributed by atoms with Gasteiger partial charge in [-0.15, -0.1) is 0 Å². The maximum atomic E-state index is 13.7. The quantitative estimate of drug-likeness (QED) is 0.873. The predicted molar refractivity (Wildman–Crippen MR) is 66.6 cm³/mol.